The van der Waals surface area contributed by atoms with E-state index in [1.165, 1.54) is 0 Å². The molecule has 1 aromatic carbocycles. The first-order chi connectivity index (χ1) is 8.22. The lowest BCUT2D eigenvalue weighted by molar-refractivity contribution is 0.0925. The first-order valence-corrected chi connectivity index (χ1v) is 5.74. The molecule has 0 atom stereocenters. The Labute approximate surface area is 103 Å². The molecule has 0 aliphatic carbocycles. The lowest BCUT2D eigenvalue weighted by Gasteiger charge is -2.17. The van der Waals surface area contributed by atoms with Crippen LogP contribution >= 0.6 is 11.6 Å². The highest BCUT2D eigenvalue weighted by Gasteiger charge is 2.26. The van der Waals surface area contributed by atoms with E-state index in [2.05, 4.69) is 5.32 Å². The first-order valence-electron chi connectivity index (χ1n) is 5.36. The molecule has 1 aromatic heterocycles. The van der Waals surface area contributed by atoms with Gasteiger partial charge in [0.2, 0.25) is 0 Å². The molecule has 2 aromatic rings. The van der Waals surface area contributed by atoms with E-state index in [0.29, 0.717) is 23.0 Å². The summed E-state index contributed by atoms with van der Waals surface area (Å²) in [6.07, 6.45) is 0. The molecule has 1 aliphatic rings. The highest BCUT2D eigenvalue weighted by atomic mass is 35.5. The molecular formula is C12H11ClN2O2. The third-order valence-electron chi connectivity index (χ3n) is 3.02. The van der Waals surface area contributed by atoms with Crippen LogP contribution in [0.15, 0.2) is 18.2 Å². The third kappa shape index (κ3) is 1.41. The van der Waals surface area contributed by atoms with E-state index < -0.39 is 0 Å². The van der Waals surface area contributed by atoms with Crippen LogP contribution in [-0.2, 0) is 6.54 Å². The molecule has 88 valence electrons. The Morgan fingerprint density at radius 1 is 1.47 bits per heavy atom. The van der Waals surface area contributed by atoms with Gasteiger partial charge in [0.1, 0.15) is 0 Å². The Bertz CT molecular complexity index is 618. The predicted molar refractivity (Wildman–Crippen MR) is 65.8 cm³/mol. The first kappa shape index (κ1) is 10.5. The maximum Gasteiger partial charge on any atom is 0.271 e. The van der Waals surface area contributed by atoms with Crippen molar-refractivity contribution in [3.05, 3.63) is 28.9 Å². The topological polar surface area (TPSA) is 43.3 Å². The van der Waals surface area contributed by atoms with Gasteiger partial charge in [-0.2, -0.15) is 0 Å². The minimum Gasteiger partial charge on any atom is -0.494 e. The van der Waals surface area contributed by atoms with Crippen molar-refractivity contribution in [1.29, 1.82) is 0 Å². The zero-order chi connectivity index (χ0) is 12.0. The van der Waals surface area contributed by atoms with Crippen molar-refractivity contribution in [2.45, 2.75) is 6.54 Å². The van der Waals surface area contributed by atoms with Crippen molar-refractivity contribution in [2.75, 3.05) is 13.7 Å². The molecule has 2 heterocycles. The Hall–Kier alpha value is -1.68. The predicted octanol–water partition coefficient (Wildman–Crippen LogP) is 2.05. The van der Waals surface area contributed by atoms with E-state index in [0.717, 1.165) is 17.4 Å². The van der Waals surface area contributed by atoms with Crippen LogP contribution in [-0.4, -0.2) is 24.1 Å². The van der Waals surface area contributed by atoms with Gasteiger partial charge in [0.05, 0.1) is 12.6 Å². The van der Waals surface area contributed by atoms with Crippen molar-refractivity contribution in [2.24, 2.45) is 0 Å². The molecule has 3 rings (SSSR count). The molecule has 0 unspecified atom stereocenters. The number of benzene rings is 1. The Morgan fingerprint density at radius 2 is 2.29 bits per heavy atom. The van der Waals surface area contributed by atoms with Crippen LogP contribution in [0.2, 0.25) is 5.02 Å². The van der Waals surface area contributed by atoms with E-state index in [4.69, 9.17) is 16.3 Å². The van der Waals surface area contributed by atoms with Crippen LogP contribution < -0.4 is 10.1 Å². The van der Waals surface area contributed by atoms with Gasteiger partial charge in [-0.3, -0.25) is 4.79 Å². The molecule has 0 spiro atoms. The average Bonchev–Trinajstić information content (AvgIpc) is 2.63. The number of methoxy groups -OCH3 is 1. The maximum absolute atomic E-state index is 11.9. The molecule has 1 aliphatic heterocycles. The van der Waals surface area contributed by atoms with Gasteiger partial charge < -0.3 is 14.6 Å². The molecule has 0 bridgehead atoms. The summed E-state index contributed by atoms with van der Waals surface area (Å²) < 4.78 is 7.33. The second-order valence-electron chi connectivity index (χ2n) is 3.95. The number of ether oxygens (including phenoxy) is 1. The summed E-state index contributed by atoms with van der Waals surface area (Å²) in [6.45, 7) is 1.39. The smallest absolute Gasteiger partial charge is 0.271 e. The van der Waals surface area contributed by atoms with Crippen molar-refractivity contribution in [1.82, 2.24) is 9.88 Å². The van der Waals surface area contributed by atoms with E-state index in [9.17, 15) is 4.79 Å². The van der Waals surface area contributed by atoms with E-state index in [1.54, 1.807) is 7.11 Å². The fourth-order valence-electron chi connectivity index (χ4n) is 2.33. The number of rotatable bonds is 1. The van der Waals surface area contributed by atoms with Crippen LogP contribution in [0, 0.1) is 0 Å². The van der Waals surface area contributed by atoms with E-state index in [1.807, 2.05) is 22.8 Å². The van der Waals surface area contributed by atoms with E-state index in [-0.39, 0.29) is 5.91 Å². The zero-order valence-electron chi connectivity index (χ0n) is 9.29. The third-order valence-corrected chi connectivity index (χ3v) is 3.25. The second-order valence-corrected chi connectivity index (χ2v) is 4.39. The summed E-state index contributed by atoms with van der Waals surface area (Å²) >= 11 is 5.98. The van der Waals surface area contributed by atoms with Crippen molar-refractivity contribution in [3.63, 3.8) is 0 Å². The van der Waals surface area contributed by atoms with Crippen molar-refractivity contribution < 1.29 is 9.53 Å². The molecule has 1 N–H and O–H groups in total. The van der Waals surface area contributed by atoms with Crippen LogP contribution in [0.5, 0.6) is 5.75 Å². The molecule has 0 fully saturated rings. The summed E-state index contributed by atoms with van der Waals surface area (Å²) in [4.78, 5) is 11.9. The Kier molecular flexibility index (Phi) is 2.26. The number of nitrogens with one attached hydrogen (secondary N) is 1. The number of aromatic nitrogens is 1. The number of nitrogens with zero attached hydrogens (tertiary/aromatic N) is 1. The molecule has 1 amide bonds. The fourth-order valence-corrected chi connectivity index (χ4v) is 2.50. The number of hydrogen-bond acceptors (Lipinski definition) is 2. The number of hydrogen-bond donors (Lipinski definition) is 1. The van der Waals surface area contributed by atoms with Crippen LogP contribution in [0.1, 0.15) is 10.5 Å². The number of fused-ring (bicyclic) bond motifs is 3. The number of halogens is 1. The molecular weight excluding hydrogens is 240 g/mol. The van der Waals surface area contributed by atoms with E-state index >= 15 is 0 Å². The highest BCUT2D eigenvalue weighted by molar-refractivity contribution is 6.31. The normalized spacial score (nSPS) is 14.6. The molecule has 5 heteroatoms. The molecule has 0 radical (unpaired) electrons. The lowest BCUT2D eigenvalue weighted by Crippen LogP contribution is -2.35. The van der Waals surface area contributed by atoms with Crippen molar-refractivity contribution >= 4 is 28.4 Å². The van der Waals surface area contributed by atoms with Crippen molar-refractivity contribution in [3.8, 4) is 5.75 Å². The summed E-state index contributed by atoms with van der Waals surface area (Å²) in [7, 11) is 1.57. The summed E-state index contributed by atoms with van der Waals surface area (Å²) in [5, 5.41) is 4.34. The Balaban J connectivity index is 2.42. The van der Waals surface area contributed by atoms with Crippen LogP contribution in [0.4, 0.5) is 0 Å². The number of carbonyl (C=O) groups is 1. The van der Waals surface area contributed by atoms with Crippen LogP contribution in [0.3, 0.4) is 0 Å². The van der Waals surface area contributed by atoms with Gasteiger partial charge in [-0.25, -0.2) is 0 Å². The number of carbonyl (C=O) groups excluding carboxylic acids is 1. The monoisotopic (exact) mass is 250 g/mol. The standard InChI is InChI=1S/C12H11ClN2O2/c1-17-11-8-6-7(13)2-3-9(8)15-5-4-14-12(16)10(11)15/h2-3,6H,4-5H2,1H3,(H,14,16). The molecule has 0 saturated heterocycles. The van der Waals surface area contributed by atoms with Gasteiger partial charge in [0.15, 0.2) is 11.4 Å². The quantitative estimate of drug-likeness (QED) is 0.842. The lowest BCUT2D eigenvalue weighted by atomic mass is 10.2. The SMILES string of the molecule is COc1c2n(c3ccc(Cl)cc13)CCNC2=O. The van der Waals surface area contributed by atoms with Gasteiger partial charge in [-0.05, 0) is 18.2 Å². The van der Waals surface area contributed by atoms with Crippen LogP contribution in [0.25, 0.3) is 10.9 Å². The average molecular weight is 251 g/mol. The zero-order valence-corrected chi connectivity index (χ0v) is 10.0. The van der Waals surface area contributed by atoms with Gasteiger partial charge in [-0.15, -0.1) is 0 Å². The largest absolute Gasteiger partial charge is 0.494 e. The highest BCUT2D eigenvalue weighted by Crippen LogP contribution is 2.35. The summed E-state index contributed by atoms with van der Waals surface area (Å²) in [5.74, 6) is 0.500. The van der Waals surface area contributed by atoms with Gasteiger partial charge >= 0.3 is 0 Å². The minimum absolute atomic E-state index is 0.0968. The minimum atomic E-state index is -0.0968. The van der Waals surface area contributed by atoms with Gasteiger partial charge in [-0.1, -0.05) is 11.6 Å². The van der Waals surface area contributed by atoms with Gasteiger partial charge in [0, 0.05) is 23.5 Å². The summed E-state index contributed by atoms with van der Waals surface area (Å²) in [6, 6.07) is 5.57. The maximum atomic E-state index is 11.9. The fraction of sp³-hybridized carbons (Fsp3) is 0.250. The van der Waals surface area contributed by atoms with Gasteiger partial charge in [0.25, 0.3) is 5.91 Å². The molecule has 4 nitrogen and oxygen atoms in total. The Morgan fingerprint density at radius 3 is 3.06 bits per heavy atom. The summed E-state index contributed by atoms with van der Waals surface area (Å²) in [5.41, 5.74) is 1.56. The second kappa shape index (κ2) is 3.67. The molecule has 0 saturated carbocycles. The number of amides is 1. The molecule has 17 heavy (non-hydrogen) atoms.